The Morgan fingerprint density at radius 3 is 2.94 bits per heavy atom. The van der Waals surface area contributed by atoms with E-state index >= 15 is 0 Å². The summed E-state index contributed by atoms with van der Waals surface area (Å²) in [7, 11) is 0. The summed E-state index contributed by atoms with van der Waals surface area (Å²) in [5.74, 6) is 0.378. The minimum Gasteiger partial charge on any atom is -0.354 e. The molecule has 4 nitrogen and oxygen atoms in total. The molecule has 1 aromatic rings. The van der Waals surface area contributed by atoms with Crippen LogP contribution in [0.2, 0.25) is 0 Å². The summed E-state index contributed by atoms with van der Waals surface area (Å²) in [6, 6.07) is -0.393. The quantitative estimate of drug-likeness (QED) is 0.785. The number of rotatable bonds is 6. The number of amides is 1. The largest absolute Gasteiger partial charge is 0.354 e. The smallest absolute Gasteiger partial charge is 0.236 e. The van der Waals surface area contributed by atoms with Gasteiger partial charge in [0.05, 0.1) is 17.2 Å². The molecular weight excluding hydrogens is 222 g/mol. The number of thiazole rings is 1. The first-order chi connectivity index (χ1) is 7.59. The molecule has 90 valence electrons. The SMILES string of the molecule is CC(C)CC(N)C(=O)NCCc1cscn1. The van der Waals surface area contributed by atoms with E-state index in [4.69, 9.17) is 5.73 Å². The Balaban J connectivity index is 2.19. The van der Waals surface area contributed by atoms with Crippen molar-refractivity contribution < 1.29 is 4.79 Å². The third-order valence-corrected chi connectivity index (χ3v) is 2.86. The molecule has 1 aromatic heterocycles. The molecule has 1 rings (SSSR count). The molecule has 5 heteroatoms. The first kappa shape index (κ1) is 13.1. The maximum Gasteiger partial charge on any atom is 0.236 e. The predicted molar refractivity (Wildman–Crippen MR) is 66.3 cm³/mol. The predicted octanol–water partition coefficient (Wildman–Crippen LogP) is 1.18. The van der Waals surface area contributed by atoms with Crippen molar-refractivity contribution in [3.63, 3.8) is 0 Å². The van der Waals surface area contributed by atoms with Gasteiger partial charge in [-0.25, -0.2) is 4.98 Å². The third-order valence-electron chi connectivity index (χ3n) is 2.23. The summed E-state index contributed by atoms with van der Waals surface area (Å²) in [5, 5.41) is 4.81. The van der Waals surface area contributed by atoms with Gasteiger partial charge in [0.2, 0.25) is 5.91 Å². The lowest BCUT2D eigenvalue weighted by Crippen LogP contribution is -2.42. The number of hydrogen-bond acceptors (Lipinski definition) is 4. The molecule has 0 aliphatic heterocycles. The molecule has 1 unspecified atom stereocenters. The average molecular weight is 241 g/mol. The fourth-order valence-electron chi connectivity index (χ4n) is 1.42. The van der Waals surface area contributed by atoms with Crippen LogP contribution >= 0.6 is 11.3 Å². The number of nitrogens with two attached hydrogens (primary N) is 1. The van der Waals surface area contributed by atoms with Gasteiger partial charge in [0, 0.05) is 18.3 Å². The fourth-order valence-corrected chi connectivity index (χ4v) is 2.01. The summed E-state index contributed by atoms with van der Waals surface area (Å²) < 4.78 is 0. The molecule has 0 aromatic carbocycles. The fraction of sp³-hybridized carbons (Fsp3) is 0.636. The first-order valence-electron chi connectivity index (χ1n) is 5.50. The van der Waals surface area contributed by atoms with Gasteiger partial charge in [0.15, 0.2) is 0 Å². The minimum absolute atomic E-state index is 0.0658. The van der Waals surface area contributed by atoms with Crippen LogP contribution in [0.1, 0.15) is 26.0 Å². The van der Waals surface area contributed by atoms with Gasteiger partial charge in [-0.15, -0.1) is 11.3 Å². The Hall–Kier alpha value is -0.940. The highest BCUT2D eigenvalue weighted by Crippen LogP contribution is 2.03. The highest BCUT2D eigenvalue weighted by Gasteiger charge is 2.13. The number of aromatic nitrogens is 1. The Morgan fingerprint density at radius 1 is 1.62 bits per heavy atom. The lowest BCUT2D eigenvalue weighted by atomic mass is 10.0. The second-order valence-corrected chi connectivity index (χ2v) is 4.98. The summed E-state index contributed by atoms with van der Waals surface area (Å²) in [4.78, 5) is 15.7. The van der Waals surface area contributed by atoms with Crippen LogP contribution < -0.4 is 11.1 Å². The highest BCUT2D eigenvalue weighted by atomic mass is 32.1. The molecule has 0 saturated carbocycles. The molecule has 0 bridgehead atoms. The second kappa shape index (κ2) is 6.60. The molecule has 1 heterocycles. The Bertz CT molecular complexity index is 311. The van der Waals surface area contributed by atoms with Crippen LogP contribution in [0.25, 0.3) is 0 Å². The summed E-state index contributed by atoms with van der Waals surface area (Å²) in [5.41, 5.74) is 8.56. The maximum atomic E-state index is 11.6. The van der Waals surface area contributed by atoms with Crippen molar-refractivity contribution in [2.24, 2.45) is 11.7 Å². The average Bonchev–Trinajstić information content (AvgIpc) is 2.69. The standard InChI is InChI=1S/C11H19N3OS/c1-8(2)5-10(12)11(15)13-4-3-9-6-16-7-14-9/h6-8,10H,3-5,12H2,1-2H3,(H,13,15). The molecular formula is C11H19N3OS. The summed E-state index contributed by atoms with van der Waals surface area (Å²) in [6.07, 6.45) is 1.49. The first-order valence-corrected chi connectivity index (χ1v) is 6.44. The summed E-state index contributed by atoms with van der Waals surface area (Å²) in [6.45, 7) is 4.72. The molecule has 1 amide bonds. The van der Waals surface area contributed by atoms with Crippen molar-refractivity contribution in [1.29, 1.82) is 0 Å². The zero-order chi connectivity index (χ0) is 12.0. The number of carbonyl (C=O) groups is 1. The lowest BCUT2D eigenvalue weighted by Gasteiger charge is -2.13. The van der Waals surface area contributed by atoms with Gasteiger partial charge in [-0.1, -0.05) is 13.8 Å². The molecule has 0 fully saturated rings. The number of carbonyl (C=O) groups excluding carboxylic acids is 1. The van der Waals surface area contributed by atoms with E-state index in [2.05, 4.69) is 24.1 Å². The van der Waals surface area contributed by atoms with Gasteiger partial charge in [-0.05, 0) is 12.3 Å². The maximum absolute atomic E-state index is 11.6. The summed E-state index contributed by atoms with van der Waals surface area (Å²) >= 11 is 1.56. The normalized spacial score (nSPS) is 12.8. The number of nitrogens with zero attached hydrogens (tertiary/aromatic N) is 1. The van der Waals surface area contributed by atoms with E-state index in [1.807, 2.05) is 5.38 Å². The molecule has 3 N–H and O–H groups in total. The molecule has 0 spiro atoms. The zero-order valence-corrected chi connectivity index (χ0v) is 10.6. The van der Waals surface area contributed by atoms with Gasteiger partial charge in [0.25, 0.3) is 0 Å². The molecule has 0 saturated heterocycles. The monoisotopic (exact) mass is 241 g/mol. The molecule has 0 radical (unpaired) electrons. The van der Waals surface area contributed by atoms with Crippen LogP contribution in [-0.4, -0.2) is 23.5 Å². The molecule has 0 aliphatic carbocycles. The number of hydrogen-bond donors (Lipinski definition) is 2. The van der Waals surface area contributed by atoms with E-state index in [1.54, 1.807) is 16.8 Å². The zero-order valence-electron chi connectivity index (χ0n) is 9.77. The third kappa shape index (κ3) is 4.72. The van der Waals surface area contributed by atoms with Gasteiger partial charge >= 0.3 is 0 Å². The van der Waals surface area contributed by atoms with Gasteiger partial charge < -0.3 is 11.1 Å². The van der Waals surface area contributed by atoms with Crippen molar-refractivity contribution in [3.8, 4) is 0 Å². The minimum atomic E-state index is -0.393. The van der Waals surface area contributed by atoms with E-state index in [1.165, 1.54) is 0 Å². The van der Waals surface area contributed by atoms with Crippen LogP contribution in [-0.2, 0) is 11.2 Å². The molecule has 0 aliphatic rings. The van der Waals surface area contributed by atoms with Gasteiger partial charge in [0.1, 0.15) is 0 Å². The van der Waals surface area contributed by atoms with Crippen molar-refractivity contribution in [3.05, 3.63) is 16.6 Å². The van der Waals surface area contributed by atoms with Crippen molar-refractivity contribution in [1.82, 2.24) is 10.3 Å². The Morgan fingerprint density at radius 2 is 2.38 bits per heavy atom. The molecule has 1 atom stereocenters. The van der Waals surface area contributed by atoms with E-state index in [0.717, 1.165) is 18.5 Å². The van der Waals surface area contributed by atoms with Crippen molar-refractivity contribution in [2.75, 3.05) is 6.54 Å². The topological polar surface area (TPSA) is 68.0 Å². The van der Waals surface area contributed by atoms with Crippen LogP contribution in [0.3, 0.4) is 0 Å². The van der Waals surface area contributed by atoms with Crippen molar-refractivity contribution >= 4 is 17.2 Å². The molecule has 16 heavy (non-hydrogen) atoms. The van der Waals surface area contributed by atoms with Gasteiger partial charge in [-0.3, -0.25) is 4.79 Å². The van der Waals surface area contributed by atoms with E-state index in [0.29, 0.717) is 12.5 Å². The lowest BCUT2D eigenvalue weighted by molar-refractivity contribution is -0.122. The van der Waals surface area contributed by atoms with Crippen LogP contribution in [0.15, 0.2) is 10.9 Å². The Labute approximate surface area is 100 Å². The van der Waals surface area contributed by atoms with E-state index in [-0.39, 0.29) is 5.91 Å². The van der Waals surface area contributed by atoms with E-state index in [9.17, 15) is 4.79 Å². The number of nitrogens with one attached hydrogen (secondary N) is 1. The van der Waals surface area contributed by atoms with Crippen LogP contribution in [0.4, 0.5) is 0 Å². The van der Waals surface area contributed by atoms with E-state index < -0.39 is 6.04 Å². The van der Waals surface area contributed by atoms with Crippen LogP contribution in [0.5, 0.6) is 0 Å². The van der Waals surface area contributed by atoms with Crippen LogP contribution in [0, 0.1) is 5.92 Å². The van der Waals surface area contributed by atoms with Gasteiger partial charge in [-0.2, -0.15) is 0 Å². The highest BCUT2D eigenvalue weighted by molar-refractivity contribution is 7.07. The second-order valence-electron chi connectivity index (χ2n) is 4.26. The van der Waals surface area contributed by atoms with Crippen molar-refractivity contribution in [2.45, 2.75) is 32.7 Å². The Kier molecular flexibility index (Phi) is 5.42.